The minimum atomic E-state index is -0.324. The molecule has 35 heavy (non-hydrogen) atoms. The van der Waals surface area contributed by atoms with Gasteiger partial charge in [0.2, 0.25) is 11.9 Å². The largest absolute Gasteiger partial charge is 0.324 e. The fourth-order valence-corrected chi connectivity index (χ4v) is 3.98. The van der Waals surface area contributed by atoms with Crippen LogP contribution in [0.2, 0.25) is 0 Å². The number of aliphatic imine (C=N–C) groups is 1. The van der Waals surface area contributed by atoms with E-state index < -0.39 is 0 Å². The molecular weight excluding hydrogens is 443 g/mol. The lowest BCUT2D eigenvalue weighted by Gasteiger charge is -2.11. The summed E-state index contributed by atoms with van der Waals surface area (Å²) in [5.74, 6) is 2.42. The van der Waals surface area contributed by atoms with E-state index in [1.807, 2.05) is 31.2 Å². The van der Waals surface area contributed by atoms with Crippen molar-refractivity contribution in [1.82, 2.24) is 15.0 Å². The van der Waals surface area contributed by atoms with Gasteiger partial charge in [0.05, 0.1) is 6.54 Å². The Bertz CT molecular complexity index is 1280. The number of benzene rings is 2. The standard InChI is InChI=1S/C27H27FN6O/c1-2-3-23(35)14-17-4-12-22(13-5-17)30-26-32-25(19-8-10-21(28)11-9-19)33-27(34-26)31-24-15-20(16-29-24)18-6-7-18/h4-5,8-13,15,18H,2-3,6-7,14,16H2,1H3,(H2,29,30,31,32,33,34). The Labute approximate surface area is 203 Å². The minimum Gasteiger partial charge on any atom is -0.324 e. The van der Waals surface area contributed by atoms with Gasteiger partial charge in [-0.05, 0) is 78.8 Å². The van der Waals surface area contributed by atoms with Crippen LogP contribution in [-0.4, -0.2) is 33.1 Å². The number of carbonyl (C=O) groups excluding carboxylic acids is 1. The number of amidine groups is 1. The van der Waals surface area contributed by atoms with Crippen LogP contribution in [0.15, 0.2) is 65.2 Å². The molecule has 0 unspecified atom stereocenters. The summed E-state index contributed by atoms with van der Waals surface area (Å²) >= 11 is 0. The van der Waals surface area contributed by atoms with Gasteiger partial charge < -0.3 is 10.6 Å². The van der Waals surface area contributed by atoms with Crippen molar-refractivity contribution in [2.24, 2.45) is 10.9 Å². The van der Waals surface area contributed by atoms with E-state index in [-0.39, 0.29) is 11.6 Å². The number of Topliss-reactive ketones (excluding diaryl/α,β-unsaturated/α-hetero) is 1. The number of carbonyl (C=O) groups is 1. The molecule has 2 aromatic carbocycles. The van der Waals surface area contributed by atoms with E-state index in [4.69, 9.17) is 0 Å². The Hall–Kier alpha value is -3.94. The number of anilines is 3. The maximum absolute atomic E-state index is 13.5. The van der Waals surface area contributed by atoms with E-state index in [9.17, 15) is 9.18 Å². The lowest BCUT2D eigenvalue weighted by atomic mass is 10.1. The van der Waals surface area contributed by atoms with Crippen LogP contribution in [0.5, 0.6) is 0 Å². The van der Waals surface area contributed by atoms with Crippen LogP contribution < -0.4 is 10.6 Å². The Morgan fingerprint density at radius 1 is 0.971 bits per heavy atom. The molecule has 7 nitrogen and oxygen atoms in total. The Morgan fingerprint density at radius 2 is 1.69 bits per heavy atom. The summed E-state index contributed by atoms with van der Waals surface area (Å²) in [5.41, 5.74) is 3.77. The summed E-state index contributed by atoms with van der Waals surface area (Å²) in [6, 6.07) is 13.7. The third-order valence-corrected chi connectivity index (χ3v) is 5.97. The van der Waals surface area contributed by atoms with E-state index in [0.29, 0.717) is 48.6 Å². The average molecular weight is 471 g/mol. The molecule has 0 bridgehead atoms. The van der Waals surface area contributed by atoms with Gasteiger partial charge in [-0.25, -0.2) is 4.39 Å². The first kappa shape index (κ1) is 22.8. The van der Waals surface area contributed by atoms with Crippen LogP contribution in [0.3, 0.4) is 0 Å². The summed E-state index contributed by atoms with van der Waals surface area (Å²) in [4.78, 5) is 30.1. The molecule has 1 fully saturated rings. The molecule has 1 aliphatic heterocycles. The van der Waals surface area contributed by atoms with Crippen LogP contribution in [0.4, 0.5) is 22.0 Å². The summed E-state index contributed by atoms with van der Waals surface area (Å²) in [5, 5.41) is 6.42. The van der Waals surface area contributed by atoms with Gasteiger partial charge in [-0.3, -0.25) is 9.79 Å². The minimum absolute atomic E-state index is 0.235. The fourth-order valence-electron chi connectivity index (χ4n) is 3.98. The number of aromatic nitrogens is 3. The van der Waals surface area contributed by atoms with Crippen molar-refractivity contribution in [2.45, 2.75) is 39.0 Å². The first-order chi connectivity index (χ1) is 17.1. The molecule has 1 saturated carbocycles. The topological polar surface area (TPSA) is 92.2 Å². The molecule has 0 saturated heterocycles. The maximum Gasteiger partial charge on any atom is 0.233 e. The van der Waals surface area contributed by atoms with Gasteiger partial charge in [-0.1, -0.05) is 19.1 Å². The molecule has 5 rings (SSSR count). The van der Waals surface area contributed by atoms with Crippen molar-refractivity contribution in [1.29, 1.82) is 0 Å². The van der Waals surface area contributed by atoms with E-state index in [0.717, 1.165) is 23.5 Å². The molecule has 8 heteroatoms. The maximum atomic E-state index is 13.5. The quantitative estimate of drug-likeness (QED) is 0.429. The smallest absolute Gasteiger partial charge is 0.233 e. The number of rotatable bonds is 9. The number of hydrogen-bond acceptors (Lipinski definition) is 7. The number of hydrogen-bond donors (Lipinski definition) is 2. The highest BCUT2D eigenvalue weighted by molar-refractivity contribution is 6.05. The second-order valence-electron chi connectivity index (χ2n) is 8.92. The summed E-state index contributed by atoms with van der Waals surface area (Å²) in [6.45, 7) is 2.71. The Kier molecular flexibility index (Phi) is 6.61. The van der Waals surface area contributed by atoms with Crippen molar-refractivity contribution < 1.29 is 9.18 Å². The van der Waals surface area contributed by atoms with Gasteiger partial charge in [0.1, 0.15) is 17.4 Å². The molecule has 1 aliphatic carbocycles. The zero-order valence-corrected chi connectivity index (χ0v) is 19.6. The molecule has 0 atom stereocenters. The second kappa shape index (κ2) is 10.1. The lowest BCUT2D eigenvalue weighted by molar-refractivity contribution is -0.118. The predicted octanol–water partition coefficient (Wildman–Crippen LogP) is 5.49. The third-order valence-electron chi connectivity index (χ3n) is 5.97. The normalized spacial score (nSPS) is 14.9. The number of nitrogens with zero attached hydrogens (tertiary/aromatic N) is 4. The zero-order valence-electron chi connectivity index (χ0n) is 19.6. The fraction of sp³-hybridized carbons (Fsp3) is 0.296. The van der Waals surface area contributed by atoms with Crippen LogP contribution in [0.25, 0.3) is 11.4 Å². The molecule has 2 heterocycles. The van der Waals surface area contributed by atoms with Gasteiger partial charge in [-0.15, -0.1) is 0 Å². The van der Waals surface area contributed by atoms with E-state index >= 15 is 0 Å². The Balaban J connectivity index is 1.38. The molecule has 178 valence electrons. The molecular formula is C27H27FN6O. The van der Waals surface area contributed by atoms with Gasteiger partial charge >= 0.3 is 0 Å². The van der Waals surface area contributed by atoms with Crippen LogP contribution >= 0.6 is 0 Å². The monoisotopic (exact) mass is 470 g/mol. The predicted molar refractivity (Wildman–Crippen MR) is 135 cm³/mol. The number of nitrogens with one attached hydrogen (secondary N) is 2. The van der Waals surface area contributed by atoms with E-state index in [1.165, 1.54) is 30.5 Å². The summed E-state index contributed by atoms with van der Waals surface area (Å²) < 4.78 is 13.5. The van der Waals surface area contributed by atoms with Gasteiger partial charge in [-0.2, -0.15) is 15.0 Å². The van der Waals surface area contributed by atoms with E-state index in [2.05, 4.69) is 36.7 Å². The molecule has 0 spiro atoms. The average Bonchev–Trinajstić information content (AvgIpc) is 3.60. The highest BCUT2D eigenvalue weighted by Gasteiger charge is 2.28. The summed E-state index contributed by atoms with van der Waals surface area (Å²) in [7, 11) is 0. The lowest BCUT2D eigenvalue weighted by Crippen LogP contribution is -2.13. The molecule has 3 aromatic rings. The van der Waals surface area contributed by atoms with Crippen molar-refractivity contribution in [3.05, 3.63) is 71.6 Å². The van der Waals surface area contributed by atoms with E-state index in [1.54, 1.807) is 12.1 Å². The van der Waals surface area contributed by atoms with Crippen molar-refractivity contribution in [2.75, 3.05) is 17.2 Å². The zero-order chi connectivity index (χ0) is 24.2. The molecule has 1 aromatic heterocycles. The first-order valence-corrected chi connectivity index (χ1v) is 12.0. The van der Waals surface area contributed by atoms with Crippen LogP contribution in [0, 0.1) is 11.7 Å². The summed E-state index contributed by atoms with van der Waals surface area (Å²) in [6.07, 6.45) is 6.42. The van der Waals surface area contributed by atoms with Gasteiger partial charge in [0, 0.05) is 24.1 Å². The van der Waals surface area contributed by atoms with Gasteiger partial charge in [0.15, 0.2) is 5.82 Å². The van der Waals surface area contributed by atoms with Crippen molar-refractivity contribution >= 4 is 29.2 Å². The number of halogens is 1. The van der Waals surface area contributed by atoms with Crippen LogP contribution in [-0.2, 0) is 11.2 Å². The first-order valence-electron chi connectivity index (χ1n) is 12.0. The second-order valence-corrected chi connectivity index (χ2v) is 8.92. The molecule has 0 radical (unpaired) electrons. The van der Waals surface area contributed by atoms with Gasteiger partial charge in [0.25, 0.3) is 0 Å². The van der Waals surface area contributed by atoms with Crippen molar-refractivity contribution in [3.8, 4) is 11.4 Å². The highest BCUT2D eigenvalue weighted by Crippen LogP contribution is 2.37. The molecule has 2 N–H and O–H groups in total. The third kappa shape index (κ3) is 5.95. The molecule has 0 amide bonds. The van der Waals surface area contributed by atoms with Crippen LogP contribution in [0.1, 0.15) is 38.2 Å². The molecule has 2 aliphatic rings. The SMILES string of the molecule is CCCC(=O)Cc1ccc(Nc2nc(NC3=NCC(C4CC4)=C3)nc(-c3ccc(F)cc3)n2)cc1. The number of ketones is 1. The highest BCUT2D eigenvalue weighted by atomic mass is 19.1. The van der Waals surface area contributed by atoms with Crippen molar-refractivity contribution in [3.63, 3.8) is 0 Å². The Morgan fingerprint density at radius 3 is 2.37 bits per heavy atom.